The molecule has 0 bridgehead atoms. The maximum Gasteiger partial charge on any atom is 0.326 e. The average Bonchev–Trinajstić information content (AvgIpc) is 2.41. The Balaban J connectivity index is 3.31. The lowest BCUT2D eigenvalue weighted by Crippen LogP contribution is -2.38. The molecular formula is C12H14F3NO4S. The Kier molecular flexibility index (Phi) is 5.59. The van der Waals surface area contributed by atoms with Gasteiger partial charge in [-0.2, -0.15) is 0 Å². The van der Waals surface area contributed by atoms with E-state index < -0.39 is 51.4 Å². The van der Waals surface area contributed by atoms with E-state index in [1.54, 1.807) is 0 Å². The Morgan fingerprint density at radius 2 is 1.71 bits per heavy atom. The van der Waals surface area contributed by atoms with Crippen molar-refractivity contribution in [2.24, 2.45) is 0 Å². The summed E-state index contributed by atoms with van der Waals surface area (Å²) in [6.07, 6.45) is 0. The van der Waals surface area contributed by atoms with E-state index in [9.17, 15) is 26.4 Å². The molecule has 0 N–H and O–H groups in total. The van der Waals surface area contributed by atoms with Crippen LogP contribution in [0.25, 0.3) is 0 Å². The maximum absolute atomic E-state index is 13.7. The summed E-state index contributed by atoms with van der Waals surface area (Å²) in [6, 6.07) is 0.602. The lowest BCUT2D eigenvalue weighted by atomic mass is 10.3. The van der Waals surface area contributed by atoms with Gasteiger partial charge >= 0.3 is 5.97 Å². The Hall–Kier alpha value is -1.77. The summed E-state index contributed by atoms with van der Waals surface area (Å²) >= 11 is 0. The summed E-state index contributed by atoms with van der Waals surface area (Å²) in [5, 5.41) is 0. The van der Waals surface area contributed by atoms with Gasteiger partial charge in [-0.05, 0) is 13.8 Å². The summed E-state index contributed by atoms with van der Waals surface area (Å²) in [5.74, 6) is -5.56. The zero-order valence-corrected chi connectivity index (χ0v) is 12.2. The summed E-state index contributed by atoms with van der Waals surface area (Å²) in [6.45, 7) is 1.95. The van der Waals surface area contributed by atoms with Crippen molar-refractivity contribution in [3.63, 3.8) is 0 Å². The van der Waals surface area contributed by atoms with Crippen LogP contribution >= 0.6 is 0 Å². The maximum atomic E-state index is 13.7. The number of carbonyl (C=O) groups is 1. The standard InChI is InChI=1S/C12H14F3NO4S/c1-3-20-12(17)7-16(21(18,19)4-2)11-6-9(14)8(13)5-10(11)15/h5-6H,3-4,7H2,1-2H3. The van der Waals surface area contributed by atoms with Crippen LogP contribution in [0.4, 0.5) is 18.9 Å². The molecule has 21 heavy (non-hydrogen) atoms. The number of sulfonamides is 1. The highest BCUT2D eigenvalue weighted by Gasteiger charge is 2.27. The third-order valence-corrected chi connectivity index (χ3v) is 4.26. The van der Waals surface area contributed by atoms with E-state index in [0.717, 1.165) is 0 Å². The third kappa shape index (κ3) is 4.10. The van der Waals surface area contributed by atoms with Crippen LogP contribution in [0.3, 0.4) is 0 Å². The molecule has 0 amide bonds. The molecule has 0 spiro atoms. The number of ether oxygens (including phenoxy) is 1. The quantitative estimate of drug-likeness (QED) is 0.591. The smallest absolute Gasteiger partial charge is 0.326 e. The van der Waals surface area contributed by atoms with E-state index in [0.29, 0.717) is 10.4 Å². The van der Waals surface area contributed by atoms with Crippen LogP contribution in [0.2, 0.25) is 0 Å². The van der Waals surface area contributed by atoms with Gasteiger partial charge in [0.25, 0.3) is 0 Å². The first-order chi connectivity index (χ1) is 9.72. The predicted molar refractivity (Wildman–Crippen MR) is 69.8 cm³/mol. The van der Waals surface area contributed by atoms with Gasteiger partial charge in [-0.1, -0.05) is 0 Å². The molecular weight excluding hydrogens is 311 g/mol. The summed E-state index contributed by atoms with van der Waals surface area (Å²) < 4.78 is 68.6. The van der Waals surface area contributed by atoms with E-state index >= 15 is 0 Å². The molecule has 5 nitrogen and oxygen atoms in total. The number of benzene rings is 1. The van der Waals surface area contributed by atoms with Crippen molar-refractivity contribution >= 4 is 21.7 Å². The molecule has 0 radical (unpaired) electrons. The number of carbonyl (C=O) groups excluding carboxylic acids is 1. The van der Waals surface area contributed by atoms with Gasteiger partial charge in [0.1, 0.15) is 6.54 Å². The number of hydrogen-bond acceptors (Lipinski definition) is 4. The molecule has 118 valence electrons. The molecule has 0 aliphatic rings. The van der Waals surface area contributed by atoms with Gasteiger partial charge in [-0.3, -0.25) is 9.10 Å². The Bertz CT molecular complexity index is 634. The number of hydrogen-bond donors (Lipinski definition) is 0. The van der Waals surface area contributed by atoms with Gasteiger partial charge in [-0.15, -0.1) is 0 Å². The second-order valence-electron chi connectivity index (χ2n) is 3.93. The first-order valence-corrected chi connectivity index (χ1v) is 7.64. The molecule has 1 aromatic rings. The van der Waals surface area contributed by atoms with Crippen molar-refractivity contribution in [1.29, 1.82) is 0 Å². The predicted octanol–water partition coefficient (Wildman–Crippen LogP) is 1.82. The largest absolute Gasteiger partial charge is 0.465 e. The van der Waals surface area contributed by atoms with E-state index in [1.165, 1.54) is 13.8 Å². The molecule has 0 aliphatic carbocycles. The molecule has 0 heterocycles. The lowest BCUT2D eigenvalue weighted by Gasteiger charge is -2.23. The van der Waals surface area contributed by atoms with Crippen molar-refractivity contribution in [3.8, 4) is 0 Å². The normalized spacial score (nSPS) is 11.3. The average molecular weight is 325 g/mol. The second kappa shape index (κ2) is 6.79. The molecule has 0 atom stereocenters. The minimum Gasteiger partial charge on any atom is -0.465 e. The highest BCUT2D eigenvalue weighted by Crippen LogP contribution is 2.25. The minimum atomic E-state index is -4.08. The van der Waals surface area contributed by atoms with E-state index in [2.05, 4.69) is 4.74 Å². The second-order valence-corrected chi connectivity index (χ2v) is 6.11. The monoisotopic (exact) mass is 325 g/mol. The SMILES string of the molecule is CCOC(=O)CN(c1cc(F)c(F)cc1F)S(=O)(=O)CC. The number of rotatable bonds is 6. The third-order valence-electron chi connectivity index (χ3n) is 2.54. The fraction of sp³-hybridized carbons (Fsp3) is 0.417. The van der Waals surface area contributed by atoms with Gasteiger partial charge < -0.3 is 4.74 Å². The molecule has 0 aromatic heterocycles. The molecule has 1 aromatic carbocycles. The Morgan fingerprint density at radius 3 is 2.24 bits per heavy atom. The van der Waals surface area contributed by atoms with Crippen molar-refractivity contribution in [1.82, 2.24) is 0 Å². The fourth-order valence-corrected chi connectivity index (χ4v) is 2.57. The minimum absolute atomic E-state index is 0.000886. The van der Waals surface area contributed by atoms with Crippen LogP contribution in [-0.4, -0.2) is 33.3 Å². The summed E-state index contributed by atoms with van der Waals surface area (Å²) in [5.41, 5.74) is -0.746. The zero-order chi connectivity index (χ0) is 16.2. The van der Waals surface area contributed by atoms with Gasteiger partial charge in [0.05, 0.1) is 18.0 Å². The zero-order valence-electron chi connectivity index (χ0n) is 11.4. The van der Waals surface area contributed by atoms with Crippen LogP contribution in [0, 0.1) is 17.5 Å². The highest BCUT2D eigenvalue weighted by atomic mass is 32.2. The lowest BCUT2D eigenvalue weighted by molar-refractivity contribution is -0.141. The van der Waals surface area contributed by atoms with Crippen LogP contribution in [0.1, 0.15) is 13.8 Å². The van der Waals surface area contributed by atoms with Crippen LogP contribution in [0.15, 0.2) is 12.1 Å². The number of anilines is 1. The van der Waals surface area contributed by atoms with Crippen molar-refractivity contribution in [2.75, 3.05) is 23.2 Å². The topological polar surface area (TPSA) is 63.7 Å². The van der Waals surface area contributed by atoms with E-state index in [4.69, 9.17) is 0 Å². The van der Waals surface area contributed by atoms with Crippen molar-refractivity contribution in [2.45, 2.75) is 13.8 Å². The van der Waals surface area contributed by atoms with E-state index in [-0.39, 0.29) is 12.7 Å². The van der Waals surface area contributed by atoms with Gasteiger partial charge in [0.2, 0.25) is 10.0 Å². The summed E-state index contributed by atoms with van der Waals surface area (Å²) in [4.78, 5) is 11.4. The Labute approximate surface area is 120 Å². The van der Waals surface area contributed by atoms with Crippen LogP contribution < -0.4 is 4.31 Å². The van der Waals surface area contributed by atoms with E-state index in [1.807, 2.05) is 0 Å². The molecule has 0 unspecified atom stereocenters. The number of halogens is 3. The molecule has 0 fully saturated rings. The van der Waals surface area contributed by atoms with Gasteiger partial charge in [-0.25, -0.2) is 21.6 Å². The first-order valence-electron chi connectivity index (χ1n) is 6.03. The molecule has 0 aliphatic heterocycles. The molecule has 1 rings (SSSR count). The Morgan fingerprint density at radius 1 is 1.14 bits per heavy atom. The van der Waals surface area contributed by atoms with Gasteiger partial charge in [0.15, 0.2) is 17.5 Å². The summed E-state index contributed by atoms with van der Waals surface area (Å²) in [7, 11) is -4.08. The van der Waals surface area contributed by atoms with Crippen LogP contribution in [0.5, 0.6) is 0 Å². The fourth-order valence-electron chi connectivity index (χ4n) is 1.52. The van der Waals surface area contributed by atoms with Crippen LogP contribution in [-0.2, 0) is 19.6 Å². The van der Waals surface area contributed by atoms with Gasteiger partial charge in [0, 0.05) is 12.1 Å². The molecule has 9 heteroatoms. The number of esters is 1. The first kappa shape index (κ1) is 17.3. The van der Waals surface area contributed by atoms with Crippen molar-refractivity contribution < 1.29 is 31.1 Å². The highest BCUT2D eigenvalue weighted by molar-refractivity contribution is 7.92. The molecule has 0 saturated carbocycles. The van der Waals surface area contributed by atoms with Crippen molar-refractivity contribution in [3.05, 3.63) is 29.6 Å². The number of nitrogens with zero attached hydrogens (tertiary/aromatic N) is 1. The molecule has 0 saturated heterocycles.